The number of non-ortho nitro benzene ring substituents is 1. The number of amides is 1. The van der Waals surface area contributed by atoms with Crippen molar-refractivity contribution in [3.63, 3.8) is 0 Å². The summed E-state index contributed by atoms with van der Waals surface area (Å²) in [7, 11) is 0. The molecule has 130 valence electrons. The Kier molecular flexibility index (Phi) is 4.01. The van der Waals surface area contributed by atoms with Gasteiger partial charge in [-0.15, -0.1) is 0 Å². The molecule has 1 amide bonds. The van der Waals surface area contributed by atoms with E-state index in [2.05, 4.69) is 17.4 Å². The Bertz CT molecular complexity index is 1020. The first-order valence-corrected chi connectivity index (χ1v) is 8.32. The van der Waals surface area contributed by atoms with Crippen LogP contribution in [0.3, 0.4) is 0 Å². The van der Waals surface area contributed by atoms with E-state index in [1.807, 2.05) is 18.2 Å². The molecule has 4 rings (SSSR count). The molecule has 0 aliphatic heterocycles. The van der Waals surface area contributed by atoms with Crippen LogP contribution in [0.5, 0.6) is 5.75 Å². The number of nitro benzene ring substituents is 1. The predicted molar refractivity (Wildman–Crippen MR) is 98.6 cm³/mol. The Balaban J connectivity index is 1.49. The highest BCUT2D eigenvalue weighted by atomic mass is 16.6. The zero-order valence-electron chi connectivity index (χ0n) is 13.9. The Hall–Kier alpha value is -3.41. The molecule has 0 saturated heterocycles. The number of rotatable bonds is 5. The van der Waals surface area contributed by atoms with E-state index in [9.17, 15) is 14.9 Å². The number of hydrogen-bond acceptors (Lipinski definition) is 4. The van der Waals surface area contributed by atoms with Gasteiger partial charge in [-0.05, 0) is 41.5 Å². The molecular weight excluding hydrogens is 332 g/mol. The summed E-state index contributed by atoms with van der Waals surface area (Å²) < 4.78 is 5.39. The normalized spacial score (nSPS) is 12.2. The number of nitrogens with zero attached hydrogens (tertiary/aromatic N) is 1. The number of carbonyl (C=O) groups is 1. The number of anilines is 1. The van der Waals surface area contributed by atoms with E-state index in [-0.39, 0.29) is 24.0 Å². The van der Waals surface area contributed by atoms with E-state index < -0.39 is 4.92 Å². The Morgan fingerprint density at radius 2 is 1.85 bits per heavy atom. The molecule has 0 aromatic heterocycles. The van der Waals surface area contributed by atoms with Crippen molar-refractivity contribution >= 4 is 28.1 Å². The molecule has 3 aromatic rings. The largest absolute Gasteiger partial charge is 0.484 e. The summed E-state index contributed by atoms with van der Waals surface area (Å²) in [5.41, 5.74) is 3.29. The molecule has 6 heteroatoms. The third-order valence-electron chi connectivity index (χ3n) is 4.55. The maximum absolute atomic E-state index is 12.3. The fourth-order valence-electron chi connectivity index (χ4n) is 3.38. The zero-order valence-corrected chi connectivity index (χ0v) is 13.9. The SMILES string of the molecule is O=C(COc1cccc([N+](=O)[O-])c1)Nc1ccc2c3c(cccc13)CC2. The van der Waals surface area contributed by atoms with Gasteiger partial charge in [-0.2, -0.15) is 0 Å². The van der Waals surface area contributed by atoms with E-state index >= 15 is 0 Å². The van der Waals surface area contributed by atoms with E-state index in [0.29, 0.717) is 0 Å². The van der Waals surface area contributed by atoms with Crippen molar-refractivity contribution in [2.45, 2.75) is 12.8 Å². The molecule has 0 bridgehead atoms. The van der Waals surface area contributed by atoms with Crippen LogP contribution in [0.25, 0.3) is 10.8 Å². The highest BCUT2D eigenvalue weighted by molar-refractivity contribution is 6.05. The van der Waals surface area contributed by atoms with Crippen LogP contribution in [0, 0.1) is 10.1 Å². The summed E-state index contributed by atoms with van der Waals surface area (Å²) in [5.74, 6) is -0.0232. The van der Waals surface area contributed by atoms with Crippen molar-refractivity contribution in [3.8, 4) is 5.75 Å². The maximum Gasteiger partial charge on any atom is 0.273 e. The number of ether oxygens (including phenoxy) is 1. The quantitative estimate of drug-likeness (QED) is 0.561. The Labute approximate surface area is 149 Å². The minimum atomic E-state index is -0.500. The van der Waals surface area contributed by atoms with Gasteiger partial charge in [-0.3, -0.25) is 14.9 Å². The van der Waals surface area contributed by atoms with Crippen molar-refractivity contribution < 1.29 is 14.5 Å². The minimum absolute atomic E-state index is 0.0737. The molecule has 0 unspecified atom stereocenters. The van der Waals surface area contributed by atoms with E-state index in [4.69, 9.17) is 4.74 Å². The lowest BCUT2D eigenvalue weighted by atomic mass is 10.0. The predicted octanol–water partition coefficient (Wildman–Crippen LogP) is 3.86. The molecule has 6 nitrogen and oxygen atoms in total. The third-order valence-corrected chi connectivity index (χ3v) is 4.55. The lowest BCUT2D eigenvalue weighted by Gasteiger charge is -2.11. The summed E-state index contributed by atoms with van der Waals surface area (Å²) >= 11 is 0. The van der Waals surface area contributed by atoms with Gasteiger partial charge in [0.15, 0.2) is 6.61 Å². The highest BCUT2D eigenvalue weighted by Gasteiger charge is 2.17. The second-order valence-corrected chi connectivity index (χ2v) is 6.20. The molecule has 0 atom stereocenters. The van der Waals surface area contributed by atoms with Crippen LogP contribution in [0.1, 0.15) is 11.1 Å². The number of benzene rings is 3. The van der Waals surface area contributed by atoms with Crippen molar-refractivity contribution in [2.24, 2.45) is 0 Å². The Morgan fingerprint density at radius 3 is 2.65 bits per heavy atom. The van der Waals surface area contributed by atoms with Crippen LogP contribution in [-0.2, 0) is 17.6 Å². The fraction of sp³-hybridized carbons (Fsp3) is 0.150. The monoisotopic (exact) mass is 348 g/mol. The van der Waals surface area contributed by atoms with E-state index in [1.54, 1.807) is 6.07 Å². The van der Waals surface area contributed by atoms with Gasteiger partial charge in [0.2, 0.25) is 0 Å². The smallest absolute Gasteiger partial charge is 0.273 e. The maximum atomic E-state index is 12.3. The molecule has 0 fully saturated rings. The van der Waals surface area contributed by atoms with Gasteiger partial charge < -0.3 is 10.1 Å². The average Bonchev–Trinajstić information content (AvgIpc) is 3.07. The van der Waals surface area contributed by atoms with Crippen LogP contribution in [0.2, 0.25) is 0 Å². The first kappa shape index (κ1) is 16.1. The molecule has 0 radical (unpaired) electrons. The number of nitro groups is 1. The van der Waals surface area contributed by atoms with Crippen molar-refractivity contribution in [1.82, 2.24) is 0 Å². The average molecular weight is 348 g/mol. The standard InChI is InChI=1S/C20H16N2O4/c23-19(12-26-16-5-2-4-15(11-16)22(24)25)21-18-10-9-14-8-7-13-3-1-6-17(18)20(13)14/h1-6,9-11H,7-8,12H2,(H,21,23). The van der Waals surface area contributed by atoms with Crippen molar-refractivity contribution in [2.75, 3.05) is 11.9 Å². The molecule has 0 spiro atoms. The number of nitrogens with one attached hydrogen (secondary N) is 1. The van der Waals surface area contributed by atoms with Crippen LogP contribution in [0.4, 0.5) is 11.4 Å². The van der Waals surface area contributed by atoms with Crippen molar-refractivity contribution in [1.29, 1.82) is 0 Å². The molecule has 0 saturated carbocycles. The van der Waals surface area contributed by atoms with Gasteiger partial charge in [0.05, 0.1) is 11.0 Å². The molecule has 1 N–H and O–H groups in total. The van der Waals surface area contributed by atoms with Gasteiger partial charge in [0, 0.05) is 17.1 Å². The van der Waals surface area contributed by atoms with Gasteiger partial charge in [-0.1, -0.05) is 30.3 Å². The lowest BCUT2D eigenvalue weighted by Crippen LogP contribution is -2.20. The van der Waals surface area contributed by atoms with E-state index in [1.165, 1.54) is 34.7 Å². The Morgan fingerprint density at radius 1 is 1.08 bits per heavy atom. The van der Waals surface area contributed by atoms with Gasteiger partial charge in [0.25, 0.3) is 11.6 Å². The molecule has 0 heterocycles. The summed E-state index contributed by atoms with van der Waals surface area (Å²) in [6.45, 7) is -0.218. The van der Waals surface area contributed by atoms with Gasteiger partial charge in [-0.25, -0.2) is 0 Å². The molecule has 1 aliphatic carbocycles. The number of carbonyl (C=O) groups excluding carboxylic acids is 1. The van der Waals surface area contributed by atoms with Crippen LogP contribution < -0.4 is 10.1 Å². The van der Waals surface area contributed by atoms with Crippen LogP contribution >= 0.6 is 0 Å². The van der Waals surface area contributed by atoms with Crippen LogP contribution in [0.15, 0.2) is 54.6 Å². The molecule has 26 heavy (non-hydrogen) atoms. The minimum Gasteiger partial charge on any atom is -0.484 e. The highest BCUT2D eigenvalue weighted by Crippen LogP contribution is 2.34. The second kappa shape index (κ2) is 6.48. The van der Waals surface area contributed by atoms with E-state index in [0.717, 1.165) is 23.9 Å². The fourth-order valence-corrected chi connectivity index (χ4v) is 3.38. The first-order valence-electron chi connectivity index (χ1n) is 8.32. The number of hydrogen-bond donors (Lipinski definition) is 1. The third kappa shape index (κ3) is 2.97. The van der Waals surface area contributed by atoms with Gasteiger partial charge in [0.1, 0.15) is 5.75 Å². The molecule has 3 aromatic carbocycles. The second-order valence-electron chi connectivity index (χ2n) is 6.20. The van der Waals surface area contributed by atoms with Gasteiger partial charge >= 0.3 is 0 Å². The topological polar surface area (TPSA) is 81.5 Å². The lowest BCUT2D eigenvalue weighted by molar-refractivity contribution is -0.384. The van der Waals surface area contributed by atoms with Crippen LogP contribution in [-0.4, -0.2) is 17.4 Å². The number of aryl methyl sites for hydroxylation is 2. The molecular formula is C20H16N2O4. The summed E-state index contributed by atoms with van der Waals surface area (Å²) in [4.78, 5) is 22.6. The summed E-state index contributed by atoms with van der Waals surface area (Å²) in [5, 5.41) is 15.9. The summed E-state index contributed by atoms with van der Waals surface area (Å²) in [6.07, 6.45) is 2.06. The van der Waals surface area contributed by atoms with Crippen molar-refractivity contribution in [3.05, 3.63) is 75.8 Å². The zero-order chi connectivity index (χ0) is 18.1. The summed E-state index contributed by atoms with van der Waals surface area (Å²) in [6, 6.07) is 15.9. The first-order chi connectivity index (χ1) is 12.6. The molecule has 1 aliphatic rings.